The molecule has 0 aliphatic heterocycles. The highest BCUT2D eigenvalue weighted by Crippen LogP contribution is 2.15. The standard InChI is InChI=1S/C21H42O7.C2H4/c22-17-19(23)18-28-20(24)15-13-11-9-7-5-3-1-2-4-6-8-10-12-14-16-21(25,26)27;1-2/h19,22-23,25-27H,1-18H2;1-2H2. The fraction of sp³-hybridized carbons (Fsp3) is 0.870. The van der Waals surface area contributed by atoms with Crippen LogP contribution in [0.3, 0.4) is 0 Å². The molecule has 0 heterocycles. The van der Waals surface area contributed by atoms with E-state index in [1.54, 1.807) is 0 Å². The third-order valence-corrected chi connectivity index (χ3v) is 4.79. The Morgan fingerprint density at radius 1 is 0.733 bits per heavy atom. The van der Waals surface area contributed by atoms with Crippen molar-refractivity contribution < 1.29 is 35.1 Å². The van der Waals surface area contributed by atoms with Crippen molar-refractivity contribution in [2.45, 2.75) is 115 Å². The van der Waals surface area contributed by atoms with Gasteiger partial charge in [-0.1, -0.05) is 77.0 Å². The topological polar surface area (TPSA) is 127 Å². The van der Waals surface area contributed by atoms with E-state index in [4.69, 9.17) is 30.3 Å². The lowest BCUT2D eigenvalue weighted by atomic mass is 10.0. The summed E-state index contributed by atoms with van der Waals surface area (Å²) in [5.41, 5.74) is 0. The highest BCUT2D eigenvalue weighted by molar-refractivity contribution is 5.69. The number of hydrogen-bond donors (Lipinski definition) is 5. The molecule has 1 atom stereocenters. The summed E-state index contributed by atoms with van der Waals surface area (Å²) in [4.78, 5) is 11.4. The quantitative estimate of drug-likeness (QED) is 0.0858. The molecule has 0 amide bonds. The van der Waals surface area contributed by atoms with Gasteiger partial charge in [-0.05, 0) is 12.8 Å². The molecule has 0 radical (unpaired) electrons. The van der Waals surface area contributed by atoms with E-state index in [0.717, 1.165) is 38.5 Å². The largest absolute Gasteiger partial charge is 0.463 e. The third-order valence-electron chi connectivity index (χ3n) is 4.79. The van der Waals surface area contributed by atoms with Gasteiger partial charge in [0.2, 0.25) is 0 Å². The van der Waals surface area contributed by atoms with Crippen molar-refractivity contribution in [2.75, 3.05) is 13.2 Å². The van der Waals surface area contributed by atoms with Crippen LogP contribution in [0.2, 0.25) is 0 Å². The molecule has 1 unspecified atom stereocenters. The van der Waals surface area contributed by atoms with Crippen molar-refractivity contribution in [3.63, 3.8) is 0 Å². The van der Waals surface area contributed by atoms with Crippen LogP contribution in [0, 0.1) is 0 Å². The fourth-order valence-electron chi connectivity index (χ4n) is 3.07. The summed E-state index contributed by atoms with van der Waals surface area (Å²) >= 11 is 0. The number of carbonyl (C=O) groups excluding carboxylic acids is 1. The van der Waals surface area contributed by atoms with Gasteiger partial charge in [-0.15, -0.1) is 13.2 Å². The third kappa shape index (κ3) is 27.0. The minimum absolute atomic E-state index is 0.0197. The molecule has 0 aliphatic carbocycles. The first-order valence-corrected chi connectivity index (χ1v) is 11.5. The first-order chi connectivity index (χ1) is 14.3. The number of aliphatic hydroxyl groups excluding tert-OH is 2. The van der Waals surface area contributed by atoms with Crippen LogP contribution >= 0.6 is 0 Å². The van der Waals surface area contributed by atoms with Gasteiger partial charge >= 0.3 is 5.97 Å². The minimum atomic E-state index is -2.50. The Hall–Kier alpha value is -0.990. The Bertz CT molecular complexity index is 369. The van der Waals surface area contributed by atoms with Crippen LogP contribution in [0.25, 0.3) is 0 Å². The minimum Gasteiger partial charge on any atom is -0.463 e. The molecule has 0 aromatic heterocycles. The lowest BCUT2D eigenvalue weighted by Crippen LogP contribution is -2.26. The molecular formula is C23H46O7. The second kappa shape index (κ2) is 22.7. The smallest absolute Gasteiger partial charge is 0.305 e. The van der Waals surface area contributed by atoms with Crippen LogP contribution in [-0.4, -0.2) is 56.8 Å². The summed E-state index contributed by atoms with van der Waals surface area (Å²) in [7, 11) is 0. The molecule has 0 aromatic rings. The van der Waals surface area contributed by atoms with Crippen LogP contribution in [0.1, 0.15) is 103 Å². The maximum atomic E-state index is 11.4. The highest BCUT2D eigenvalue weighted by atomic mass is 16.7. The van der Waals surface area contributed by atoms with Crippen LogP contribution in [0.15, 0.2) is 13.2 Å². The maximum Gasteiger partial charge on any atom is 0.305 e. The number of esters is 1. The molecule has 30 heavy (non-hydrogen) atoms. The van der Waals surface area contributed by atoms with Gasteiger partial charge in [-0.2, -0.15) is 0 Å². The number of hydrogen-bond acceptors (Lipinski definition) is 7. The van der Waals surface area contributed by atoms with Gasteiger partial charge in [0.05, 0.1) is 6.61 Å². The van der Waals surface area contributed by atoms with Crippen molar-refractivity contribution in [1.82, 2.24) is 0 Å². The number of carbonyl (C=O) groups is 1. The Labute approximate surface area is 182 Å². The van der Waals surface area contributed by atoms with Crippen LogP contribution in [0.5, 0.6) is 0 Å². The summed E-state index contributed by atoms with van der Waals surface area (Å²) in [6, 6.07) is 0. The van der Waals surface area contributed by atoms with Crippen LogP contribution < -0.4 is 0 Å². The molecule has 7 nitrogen and oxygen atoms in total. The second-order valence-electron chi connectivity index (χ2n) is 7.74. The first kappa shape index (κ1) is 31.2. The zero-order chi connectivity index (χ0) is 23.1. The predicted octanol–water partition coefficient (Wildman–Crippen LogP) is 3.56. The molecule has 0 rings (SSSR count). The molecular weight excluding hydrogens is 388 g/mol. The fourth-order valence-corrected chi connectivity index (χ4v) is 3.07. The number of aliphatic hydroxyl groups is 5. The van der Waals surface area contributed by atoms with Crippen LogP contribution in [0.4, 0.5) is 0 Å². The SMILES string of the molecule is C=C.O=C(CCCCCCCCCCCCCCCCC(O)(O)O)OCC(O)CO. The Morgan fingerprint density at radius 2 is 1.10 bits per heavy atom. The van der Waals surface area contributed by atoms with Gasteiger partial charge in [0.15, 0.2) is 0 Å². The highest BCUT2D eigenvalue weighted by Gasteiger charge is 2.16. The van der Waals surface area contributed by atoms with Crippen molar-refractivity contribution in [2.24, 2.45) is 0 Å². The summed E-state index contributed by atoms with van der Waals surface area (Å²) in [5, 5.41) is 44.0. The molecule has 7 heteroatoms. The van der Waals surface area contributed by atoms with Crippen molar-refractivity contribution in [3.8, 4) is 0 Å². The number of rotatable bonds is 20. The van der Waals surface area contributed by atoms with E-state index in [1.807, 2.05) is 0 Å². The summed E-state index contributed by atoms with van der Waals surface area (Å²) in [6.07, 6.45) is 14.8. The zero-order valence-corrected chi connectivity index (χ0v) is 18.8. The summed E-state index contributed by atoms with van der Waals surface area (Å²) in [5.74, 6) is -2.81. The Balaban J connectivity index is 0. The molecule has 0 aliphatic rings. The molecule has 0 fully saturated rings. The van der Waals surface area contributed by atoms with Gasteiger partial charge in [-0.3, -0.25) is 4.79 Å². The Morgan fingerprint density at radius 3 is 1.47 bits per heavy atom. The van der Waals surface area contributed by atoms with E-state index in [2.05, 4.69) is 13.2 Å². The van der Waals surface area contributed by atoms with E-state index in [-0.39, 0.29) is 19.0 Å². The average Bonchev–Trinajstić information content (AvgIpc) is 2.72. The molecule has 0 saturated heterocycles. The van der Waals surface area contributed by atoms with Crippen LogP contribution in [-0.2, 0) is 9.53 Å². The van der Waals surface area contributed by atoms with Gasteiger partial charge < -0.3 is 30.3 Å². The zero-order valence-electron chi connectivity index (χ0n) is 18.8. The monoisotopic (exact) mass is 434 g/mol. The summed E-state index contributed by atoms with van der Waals surface area (Å²) < 4.78 is 4.85. The molecule has 0 bridgehead atoms. The average molecular weight is 435 g/mol. The molecule has 0 saturated carbocycles. The van der Waals surface area contributed by atoms with Gasteiger partial charge in [0.25, 0.3) is 5.97 Å². The number of unbranched alkanes of at least 4 members (excludes halogenated alkanes) is 13. The molecule has 5 N–H and O–H groups in total. The molecule has 0 spiro atoms. The second-order valence-corrected chi connectivity index (χ2v) is 7.74. The van der Waals surface area contributed by atoms with Crippen molar-refractivity contribution in [3.05, 3.63) is 13.2 Å². The van der Waals surface area contributed by atoms with Gasteiger partial charge in [-0.25, -0.2) is 0 Å². The number of ether oxygens (including phenoxy) is 1. The molecule has 0 aromatic carbocycles. The Kier molecular flexibility index (Phi) is 23.6. The van der Waals surface area contributed by atoms with E-state index >= 15 is 0 Å². The van der Waals surface area contributed by atoms with Gasteiger partial charge in [0, 0.05) is 12.8 Å². The van der Waals surface area contributed by atoms with E-state index in [0.29, 0.717) is 12.8 Å². The lowest BCUT2D eigenvalue weighted by molar-refractivity contribution is -0.315. The van der Waals surface area contributed by atoms with Gasteiger partial charge in [0.1, 0.15) is 12.7 Å². The maximum absolute atomic E-state index is 11.4. The van der Waals surface area contributed by atoms with Crippen molar-refractivity contribution in [1.29, 1.82) is 0 Å². The van der Waals surface area contributed by atoms with Crippen molar-refractivity contribution >= 4 is 5.97 Å². The predicted molar refractivity (Wildman–Crippen MR) is 119 cm³/mol. The van der Waals surface area contributed by atoms with E-state index < -0.39 is 18.7 Å². The lowest BCUT2D eigenvalue weighted by Gasteiger charge is -2.12. The first-order valence-electron chi connectivity index (χ1n) is 11.5. The molecule has 180 valence electrons. The van der Waals surface area contributed by atoms with E-state index in [9.17, 15) is 4.79 Å². The van der Waals surface area contributed by atoms with E-state index in [1.165, 1.54) is 44.9 Å². The summed E-state index contributed by atoms with van der Waals surface area (Å²) in [6.45, 7) is 5.48. The normalized spacial score (nSPS) is 12.2.